The van der Waals surface area contributed by atoms with Crippen LogP contribution < -0.4 is 10.6 Å². The van der Waals surface area contributed by atoms with E-state index in [0.29, 0.717) is 18.5 Å². The van der Waals surface area contributed by atoms with Gasteiger partial charge in [-0.05, 0) is 19.3 Å². The number of nitrogens with one attached hydrogen (secondary N) is 2. The minimum Gasteiger partial charge on any atom is -0.351 e. The summed E-state index contributed by atoms with van der Waals surface area (Å²) >= 11 is 1.93. The number of carbonyl (C=O) groups excluding carboxylic acids is 1. The smallest absolute Gasteiger partial charge is 0.221 e. The molecule has 110 valence electrons. The largest absolute Gasteiger partial charge is 0.351 e. The minimum absolute atomic E-state index is 0.182. The lowest BCUT2D eigenvalue weighted by Crippen LogP contribution is -2.44. The molecule has 3 unspecified atom stereocenters. The van der Waals surface area contributed by atoms with Gasteiger partial charge >= 0.3 is 0 Å². The van der Waals surface area contributed by atoms with E-state index in [9.17, 15) is 4.79 Å². The fourth-order valence-corrected chi connectivity index (χ4v) is 4.12. The van der Waals surface area contributed by atoms with Gasteiger partial charge in [0.15, 0.2) is 0 Å². The van der Waals surface area contributed by atoms with E-state index in [2.05, 4.69) is 20.2 Å². The Morgan fingerprint density at radius 2 is 2.45 bits per heavy atom. The van der Waals surface area contributed by atoms with Gasteiger partial charge in [0.25, 0.3) is 0 Å². The van der Waals surface area contributed by atoms with Crippen LogP contribution in [0.2, 0.25) is 0 Å². The summed E-state index contributed by atoms with van der Waals surface area (Å²) in [5.41, 5.74) is 0. The molecule has 1 aromatic rings. The summed E-state index contributed by atoms with van der Waals surface area (Å²) < 4.78 is 2.13. The molecular formula is C14H22N4OS. The van der Waals surface area contributed by atoms with Gasteiger partial charge in [-0.2, -0.15) is 11.8 Å². The molecule has 0 aromatic carbocycles. The number of aromatic nitrogens is 2. The SMILES string of the molecule is O=C(CC1CSCCN1)NC1CCCC1n1ccnc1. The third-order valence-electron chi connectivity index (χ3n) is 4.16. The molecule has 5 nitrogen and oxygen atoms in total. The lowest BCUT2D eigenvalue weighted by Gasteiger charge is -2.25. The van der Waals surface area contributed by atoms with Gasteiger partial charge in [-0.25, -0.2) is 4.98 Å². The second kappa shape index (κ2) is 6.63. The van der Waals surface area contributed by atoms with Crippen molar-refractivity contribution in [3.05, 3.63) is 18.7 Å². The van der Waals surface area contributed by atoms with Gasteiger partial charge in [-0.1, -0.05) is 0 Å². The Labute approximate surface area is 123 Å². The zero-order valence-electron chi connectivity index (χ0n) is 11.6. The maximum atomic E-state index is 12.2. The van der Waals surface area contributed by atoms with E-state index in [4.69, 9.17) is 0 Å². The molecule has 0 radical (unpaired) electrons. The Balaban J connectivity index is 1.52. The van der Waals surface area contributed by atoms with Crippen LogP contribution in [0.1, 0.15) is 31.7 Å². The predicted molar refractivity (Wildman–Crippen MR) is 80.8 cm³/mol. The Kier molecular flexibility index (Phi) is 4.62. The maximum absolute atomic E-state index is 12.2. The van der Waals surface area contributed by atoms with Crippen molar-refractivity contribution >= 4 is 17.7 Å². The number of thioether (sulfide) groups is 1. The van der Waals surface area contributed by atoms with Gasteiger partial charge in [0.05, 0.1) is 12.4 Å². The number of imidazole rings is 1. The first kappa shape index (κ1) is 13.9. The van der Waals surface area contributed by atoms with Crippen molar-refractivity contribution < 1.29 is 4.79 Å². The van der Waals surface area contributed by atoms with E-state index in [1.54, 1.807) is 6.20 Å². The lowest BCUT2D eigenvalue weighted by molar-refractivity contribution is -0.122. The molecule has 2 fully saturated rings. The van der Waals surface area contributed by atoms with Crippen LogP contribution in [0.4, 0.5) is 0 Å². The molecule has 1 amide bonds. The van der Waals surface area contributed by atoms with Crippen LogP contribution >= 0.6 is 11.8 Å². The van der Waals surface area contributed by atoms with Crippen molar-refractivity contribution in [2.24, 2.45) is 0 Å². The quantitative estimate of drug-likeness (QED) is 0.876. The number of amides is 1. The highest BCUT2D eigenvalue weighted by Gasteiger charge is 2.30. The van der Waals surface area contributed by atoms with Crippen LogP contribution in [0, 0.1) is 0 Å². The Morgan fingerprint density at radius 1 is 1.50 bits per heavy atom. The zero-order valence-corrected chi connectivity index (χ0v) is 12.4. The van der Waals surface area contributed by atoms with Gasteiger partial charge in [0.2, 0.25) is 5.91 Å². The third kappa shape index (κ3) is 3.35. The highest BCUT2D eigenvalue weighted by molar-refractivity contribution is 7.99. The maximum Gasteiger partial charge on any atom is 0.221 e. The molecule has 0 spiro atoms. The number of hydrogen-bond acceptors (Lipinski definition) is 4. The van der Waals surface area contributed by atoms with E-state index in [1.807, 2.05) is 24.3 Å². The number of hydrogen-bond donors (Lipinski definition) is 2. The molecule has 1 aliphatic carbocycles. The molecule has 20 heavy (non-hydrogen) atoms. The summed E-state index contributed by atoms with van der Waals surface area (Å²) in [7, 11) is 0. The highest BCUT2D eigenvalue weighted by atomic mass is 32.2. The first-order chi connectivity index (χ1) is 9.83. The van der Waals surface area contributed by atoms with Crippen molar-refractivity contribution in [2.45, 2.75) is 43.8 Å². The standard InChI is InChI=1S/C14H22N4OS/c19-14(8-11-9-20-7-5-16-11)17-12-2-1-3-13(12)18-6-4-15-10-18/h4,6,10-13,16H,1-3,5,7-9H2,(H,17,19). The molecule has 1 saturated carbocycles. The topological polar surface area (TPSA) is 59.0 Å². The highest BCUT2D eigenvalue weighted by Crippen LogP contribution is 2.30. The Bertz CT molecular complexity index is 430. The minimum atomic E-state index is 0.182. The summed E-state index contributed by atoms with van der Waals surface area (Å²) in [6.07, 6.45) is 9.62. The van der Waals surface area contributed by atoms with Crippen molar-refractivity contribution in [2.75, 3.05) is 18.1 Å². The summed E-state index contributed by atoms with van der Waals surface area (Å²) in [6.45, 7) is 1.02. The van der Waals surface area contributed by atoms with Gasteiger partial charge < -0.3 is 15.2 Å². The fraction of sp³-hybridized carbons (Fsp3) is 0.714. The summed E-state index contributed by atoms with van der Waals surface area (Å²) in [4.78, 5) is 16.3. The molecular weight excluding hydrogens is 272 g/mol. The van der Waals surface area contributed by atoms with E-state index < -0.39 is 0 Å². The molecule has 2 N–H and O–H groups in total. The van der Waals surface area contributed by atoms with Crippen LogP contribution in [0.3, 0.4) is 0 Å². The molecule has 2 heterocycles. The second-order valence-electron chi connectivity index (χ2n) is 5.61. The van der Waals surface area contributed by atoms with Crippen molar-refractivity contribution in [1.82, 2.24) is 20.2 Å². The molecule has 6 heteroatoms. The third-order valence-corrected chi connectivity index (χ3v) is 5.29. The van der Waals surface area contributed by atoms with E-state index in [1.165, 1.54) is 6.42 Å². The average molecular weight is 294 g/mol. The van der Waals surface area contributed by atoms with Gasteiger partial charge in [0.1, 0.15) is 0 Å². The molecule has 1 saturated heterocycles. The van der Waals surface area contributed by atoms with E-state index in [0.717, 1.165) is 30.9 Å². The van der Waals surface area contributed by atoms with Crippen molar-refractivity contribution in [3.63, 3.8) is 0 Å². The molecule has 3 rings (SSSR count). The fourth-order valence-electron chi connectivity index (χ4n) is 3.17. The summed E-state index contributed by atoms with van der Waals surface area (Å²) in [6, 6.07) is 0.963. The monoisotopic (exact) mass is 294 g/mol. The first-order valence-corrected chi connectivity index (χ1v) is 8.56. The molecule has 3 atom stereocenters. The van der Waals surface area contributed by atoms with Gasteiger partial charge in [-0.15, -0.1) is 0 Å². The lowest BCUT2D eigenvalue weighted by atomic mass is 10.1. The van der Waals surface area contributed by atoms with Gasteiger partial charge in [-0.3, -0.25) is 4.79 Å². The molecule has 1 aromatic heterocycles. The molecule has 0 bridgehead atoms. The molecule has 2 aliphatic rings. The number of rotatable bonds is 4. The Hall–Kier alpha value is -1.01. The zero-order chi connectivity index (χ0) is 13.8. The van der Waals surface area contributed by atoms with E-state index >= 15 is 0 Å². The van der Waals surface area contributed by atoms with Gasteiger partial charge in [0, 0.05) is 48.9 Å². The van der Waals surface area contributed by atoms with Crippen LogP contribution in [-0.2, 0) is 4.79 Å². The van der Waals surface area contributed by atoms with Crippen LogP contribution in [0.25, 0.3) is 0 Å². The predicted octanol–water partition coefficient (Wildman–Crippen LogP) is 1.19. The molecule has 1 aliphatic heterocycles. The number of carbonyl (C=O) groups is 1. The normalized spacial score (nSPS) is 30.3. The summed E-state index contributed by atoms with van der Waals surface area (Å²) in [5, 5.41) is 6.64. The first-order valence-electron chi connectivity index (χ1n) is 7.41. The summed E-state index contributed by atoms with van der Waals surface area (Å²) in [5.74, 6) is 2.38. The van der Waals surface area contributed by atoms with Crippen LogP contribution in [-0.4, -0.2) is 45.6 Å². The number of nitrogens with zero attached hydrogens (tertiary/aromatic N) is 2. The van der Waals surface area contributed by atoms with Crippen molar-refractivity contribution in [3.8, 4) is 0 Å². The van der Waals surface area contributed by atoms with E-state index in [-0.39, 0.29) is 11.9 Å². The van der Waals surface area contributed by atoms with Crippen LogP contribution in [0.5, 0.6) is 0 Å². The Morgan fingerprint density at radius 3 is 3.20 bits per heavy atom. The van der Waals surface area contributed by atoms with Crippen molar-refractivity contribution in [1.29, 1.82) is 0 Å². The van der Waals surface area contributed by atoms with Crippen LogP contribution in [0.15, 0.2) is 18.7 Å². The average Bonchev–Trinajstić information content (AvgIpc) is 3.10. The second-order valence-corrected chi connectivity index (χ2v) is 6.76.